The van der Waals surface area contributed by atoms with Crippen molar-refractivity contribution in [2.45, 2.75) is 43.9 Å². The Morgan fingerprint density at radius 1 is 0.611 bits per heavy atom. The fraction of sp³-hybridized carbons (Fsp3) is 0.312. The molecular formula is C32H28N4. The van der Waals surface area contributed by atoms with Gasteiger partial charge in [0.25, 0.3) is 0 Å². The lowest BCUT2D eigenvalue weighted by atomic mass is 9.48. The van der Waals surface area contributed by atoms with Crippen LogP contribution in [-0.2, 0) is 5.41 Å². The van der Waals surface area contributed by atoms with Crippen LogP contribution in [0.4, 0.5) is 0 Å². The molecule has 0 amide bonds. The smallest absolute Gasteiger partial charge is 0.164 e. The summed E-state index contributed by atoms with van der Waals surface area (Å²) in [6.45, 7) is 0. The molecule has 4 nitrogen and oxygen atoms in total. The first-order valence-electron chi connectivity index (χ1n) is 13.1. The van der Waals surface area contributed by atoms with Crippen LogP contribution in [0.25, 0.3) is 34.2 Å². The Kier molecular flexibility index (Phi) is 4.99. The van der Waals surface area contributed by atoms with Gasteiger partial charge in [-0.05, 0) is 85.5 Å². The molecule has 4 heteroatoms. The molecule has 4 fully saturated rings. The third kappa shape index (κ3) is 3.71. The molecule has 0 radical (unpaired) electrons. The van der Waals surface area contributed by atoms with Crippen LogP contribution >= 0.6 is 0 Å². The second-order valence-corrected chi connectivity index (χ2v) is 11.1. The van der Waals surface area contributed by atoms with Crippen LogP contribution in [0.3, 0.4) is 0 Å². The van der Waals surface area contributed by atoms with E-state index in [2.05, 4.69) is 30.3 Å². The van der Waals surface area contributed by atoms with E-state index in [1.807, 2.05) is 48.5 Å². The normalized spacial score (nSPS) is 26.0. The Bertz CT molecular complexity index is 1450. The predicted molar refractivity (Wildman–Crippen MR) is 141 cm³/mol. The summed E-state index contributed by atoms with van der Waals surface area (Å²) in [7, 11) is 0. The van der Waals surface area contributed by atoms with E-state index in [0.29, 0.717) is 28.5 Å². The molecule has 1 heterocycles. The first kappa shape index (κ1) is 21.4. The van der Waals surface area contributed by atoms with Gasteiger partial charge in [-0.2, -0.15) is 5.26 Å². The molecule has 3 aromatic carbocycles. The van der Waals surface area contributed by atoms with Gasteiger partial charge in [0.05, 0.1) is 11.6 Å². The zero-order valence-electron chi connectivity index (χ0n) is 20.3. The average Bonchev–Trinajstić information content (AvgIpc) is 2.93. The van der Waals surface area contributed by atoms with Crippen LogP contribution in [0.2, 0.25) is 0 Å². The minimum absolute atomic E-state index is 0.323. The SMILES string of the molecule is N#Cc1cccc(-c2nc(-c3ccccc3)nc(-c3cccc(C45C[C@H]6C[C@@H](C4)C[C@@H](C5)C6)c3)n2)c1. The summed E-state index contributed by atoms with van der Waals surface area (Å²) in [5, 5.41) is 9.42. The Hall–Kier alpha value is -3.84. The molecule has 4 bridgehead atoms. The summed E-state index contributed by atoms with van der Waals surface area (Å²) >= 11 is 0. The lowest BCUT2D eigenvalue weighted by Gasteiger charge is -2.57. The van der Waals surface area contributed by atoms with Gasteiger partial charge in [0.2, 0.25) is 0 Å². The van der Waals surface area contributed by atoms with Gasteiger partial charge in [0, 0.05) is 16.7 Å². The molecule has 4 aliphatic carbocycles. The molecular weight excluding hydrogens is 440 g/mol. The second-order valence-electron chi connectivity index (χ2n) is 11.1. The van der Waals surface area contributed by atoms with E-state index in [9.17, 15) is 5.26 Å². The molecule has 176 valence electrons. The average molecular weight is 469 g/mol. The number of nitriles is 1. The van der Waals surface area contributed by atoms with Crippen molar-refractivity contribution in [1.29, 1.82) is 5.26 Å². The van der Waals surface area contributed by atoms with Crippen LogP contribution < -0.4 is 0 Å². The van der Waals surface area contributed by atoms with Crippen LogP contribution in [0, 0.1) is 29.1 Å². The molecule has 0 aliphatic heterocycles. The van der Waals surface area contributed by atoms with Gasteiger partial charge in [0.15, 0.2) is 17.5 Å². The van der Waals surface area contributed by atoms with Crippen molar-refractivity contribution in [3.05, 3.63) is 90.0 Å². The van der Waals surface area contributed by atoms with Crippen LogP contribution in [0.1, 0.15) is 49.7 Å². The zero-order chi connectivity index (χ0) is 24.1. The molecule has 4 saturated carbocycles. The molecule has 0 N–H and O–H groups in total. The summed E-state index contributed by atoms with van der Waals surface area (Å²) in [6.07, 6.45) is 8.33. The van der Waals surface area contributed by atoms with Crippen molar-refractivity contribution >= 4 is 0 Å². The Morgan fingerprint density at radius 2 is 1.14 bits per heavy atom. The standard InChI is InChI=1S/C32H28N4/c33-20-21-6-4-9-26(15-21)30-34-29(25-7-2-1-3-8-25)35-31(36-30)27-10-5-11-28(16-27)32-17-22-12-23(18-32)14-24(13-22)19-32/h1-11,15-16,22-24H,12-14,17-19H2/t22-,23+,24-,32?. The third-order valence-electron chi connectivity index (χ3n) is 8.69. The van der Waals surface area contributed by atoms with Crippen molar-refractivity contribution in [2.24, 2.45) is 17.8 Å². The van der Waals surface area contributed by atoms with E-state index in [1.165, 1.54) is 44.1 Å². The van der Waals surface area contributed by atoms with Crippen molar-refractivity contribution in [1.82, 2.24) is 15.0 Å². The largest absolute Gasteiger partial charge is 0.208 e. The third-order valence-corrected chi connectivity index (χ3v) is 8.69. The number of nitrogens with zero attached hydrogens (tertiary/aromatic N) is 4. The Labute approximate surface area is 212 Å². The van der Waals surface area contributed by atoms with E-state index in [-0.39, 0.29) is 0 Å². The van der Waals surface area contributed by atoms with Crippen molar-refractivity contribution in [3.63, 3.8) is 0 Å². The van der Waals surface area contributed by atoms with Gasteiger partial charge in [-0.1, -0.05) is 60.7 Å². The van der Waals surface area contributed by atoms with Crippen LogP contribution in [0.15, 0.2) is 78.9 Å². The molecule has 1 aromatic heterocycles. The fourth-order valence-electron chi connectivity index (χ4n) is 7.53. The lowest BCUT2D eigenvalue weighted by molar-refractivity contribution is -0.00517. The summed E-state index contributed by atoms with van der Waals surface area (Å²) in [5.41, 5.74) is 5.21. The number of aromatic nitrogens is 3. The van der Waals surface area contributed by atoms with Gasteiger partial charge in [-0.15, -0.1) is 0 Å². The molecule has 0 unspecified atom stereocenters. The second kappa shape index (κ2) is 8.38. The predicted octanol–water partition coefficient (Wildman–Crippen LogP) is 7.21. The van der Waals surface area contributed by atoms with Crippen molar-refractivity contribution in [3.8, 4) is 40.2 Å². The fourth-order valence-corrected chi connectivity index (χ4v) is 7.53. The topological polar surface area (TPSA) is 62.5 Å². The number of hydrogen-bond donors (Lipinski definition) is 0. The van der Waals surface area contributed by atoms with Gasteiger partial charge < -0.3 is 0 Å². The summed E-state index contributed by atoms with van der Waals surface area (Å²) in [4.78, 5) is 14.7. The molecule has 4 aliphatic rings. The number of benzene rings is 3. The van der Waals surface area contributed by atoms with Crippen LogP contribution in [0.5, 0.6) is 0 Å². The van der Waals surface area contributed by atoms with Gasteiger partial charge >= 0.3 is 0 Å². The van der Waals surface area contributed by atoms with Gasteiger partial charge in [-0.3, -0.25) is 0 Å². The van der Waals surface area contributed by atoms with E-state index in [0.717, 1.165) is 34.4 Å². The maximum Gasteiger partial charge on any atom is 0.164 e. The lowest BCUT2D eigenvalue weighted by Crippen LogP contribution is -2.48. The molecule has 0 atom stereocenters. The summed E-state index contributed by atoms with van der Waals surface area (Å²) < 4.78 is 0. The zero-order valence-corrected chi connectivity index (χ0v) is 20.3. The van der Waals surface area contributed by atoms with Crippen LogP contribution in [-0.4, -0.2) is 15.0 Å². The minimum atomic E-state index is 0.323. The highest BCUT2D eigenvalue weighted by molar-refractivity contribution is 5.67. The molecule has 4 aromatic rings. The Balaban J connectivity index is 1.34. The van der Waals surface area contributed by atoms with E-state index in [1.54, 1.807) is 6.07 Å². The summed E-state index contributed by atoms with van der Waals surface area (Å²) in [6, 6.07) is 28.8. The molecule has 0 spiro atoms. The molecule has 36 heavy (non-hydrogen) atoms. The number of hydrogen-bond acceptors (Lipinski definition) is 4. The molecule has 0 saturated heterocycles. The first-order chi connectivity index (χ1) is 17.7. The van der Waals surface area contributed by atoms with Gasteiger partial charge in [0.1, 0.15) is 0 Å². The number of rotatable bonds is 4. The maximum absolute atomic E-state index is 9.42. The highest BCUT2D eigenvalue weighted by Gasteiger charge is 2.51. The first-order valence-corrected chi connectivity index (χ1v) is 13.1. The van der Waals surface area contributed by atoms with Crippen molar-refractivity contribution in [2.75, 3.05) is 0 Å². The summed E-state index contributed by atoms with van der Waals surface area (Å²) in [5.74, 6) is 4.64. The monoisotopic (exact) mass is 468 g/mol. The highest BCUT2D eigenvalue weighted by atomic mass is 15.0. The molecule has 8 rings (SSSR count). The van der Waals surface area contributed by atoms with E-state index < -0.39 is 0 Å². The minimum Gasteiger partial charge on any atom is -0.208 e. The maximum atomic E-state index is 9.42. The van der Waals surface area contributed by atoms with Crippen molar-refractivity contribution < 1.29 is 0 Å². The highest BCUT2D eigenvalue weighted by Crippen LogP contribution is 2.60. The van der Waals surface area contributed by atoms with Gasteiger partial charge in [-0.25, -0.2) is 15.0 Å². The Morgan fingerprint density at radius 3 is 1.75 bits per heavy atom. The van der Waals surface area contributed by atoms with E-state index >= 15 is 0 Å². The quantitative estimate of drug-likeness (QED) is 0.317. The van der Waals surface area contributed by atoms with E-state index in [4.69, 9.17) is 15.0 Å².